The second kappa shape index (κ2) is 9.79. The number of phenols is 1. The van der Waals surface area contributed by atoms with Crippen molar-refractivity contribution in [1.29, 1.82) is 0 Å². The van der Waals surface area contributed by atoms with Crippen molar-refractivity contribution in [2.24, 2.45) is 0 Å². The van der Waals surface area contributed by atoms with Crippen molar-refractivity contribution in [3.63, 3.8) is 0 Å². The van der Waals surface area contributed by atoms with Crippen molar-refractivity contribution in [2.45, 2.75) is 18.7 Å². The summed E-state index contributed by atoms with van der Waals surface area (Å²) in [4.78, 5) is 28.9. The first-order valence-electron chi connectivity index (χ1n) is 11.2. The summed E-state index contributed by atoms with van der Waals surface area (Å²) in [7, 11) is -3.80. The van der Waals surface area contributed by atoms with Crippen molar-refractivity contribution in [3.8, 4) is 5.75 Å². The van der Waals surface area contributed by atoms with Crippen LogP contribution < -0.4 is 4.72 Å². The van der Waals surface area contributed by atoms with E-state index in [-0.39, 0.29) is 28.0 Å². The van der Waals surface area contributed by atoms with Crippen molar-refractivity contribution in [3.05, 3.63) is 89.0 Å². The Morgan fingerprint density at radius 2 is 1.40 bits per heavy atom. The lowest BCUT2D eigenvalue weighted by atomic mass is 10.1. The van der Waals surface area contributed by atoms with Crippen LogP contribution in [0.2, 0.25) is 0 Å². The molecule has 1 saturated heterocycles. The summed E-state index contributed by atoms with van der Waals surface area (Å²) >= 11 is 0. The second-order valence-corrected chi connectivity index (χ2v) is 10.2. The molecule has 0 unspecified atom stereocenters. The summed E-state index contributed by atoms with van der Waals surface area (Å²) in [5.74, 6) is -0.579. The number of hydrogen-bond donors (Lipinski definition) is 2. The topological polar surface area (TPSA) is 107 Å². The van der Waals surface area contributed by atoms with Gasteiger partial charge in [-0.15, -0.1) is 0 Å². The van der Waals surface area contributed by atoms with Crippen molar-refractivity contribution in [1.82, 2.24) is 9.80 Å². The molecule has 2 amide bonds. The van der Waals surface area contributed by atoms with Crippen LogP contribution in [0.15, 0.2) is 71.6 Å². The van der Waals surface area contributed by atoms with Crippen LogP contribution in [0.1, 0.15) is 31.8 Å². The Balaban J connectivity index is 1.39. The lowest BCUT2D eigenvalue weighted by molar-refractivity contribution is 0.0533. The van der Waals surface area contributed by atoms with Gasteiger partial charge in [-0.05, 0) is 73.5 Å². The van der Waals surface area contributed by atoms with E-state index < -0.39 is 10.0 Å². The van der Waals surface area contributed by atoms with Crippen LogP contribution in [-0.2, 0) is 10.0 Å². The number of nitrogens with one attached hydrogen (secondary N) is 1. The van der Waals surface area contributed by atoms with Gasteiger partial charge in [-0.25, -0.2) is 8.42 Å². The van der Waals surface area contributed by atoms with Crippen molar-refractivity contribution in [2.75, 3.05) is 30.9 Å². The van der Waals surface area contributed by atoms with E-state index in [0.29, 0.717) is 37.4 Å². The van der Waals surface area contributed by atoms with E-state index >= 15 is 0 Å². The first-order valence-corrected chi connectivity index (χ1v) is 12.7. The molecule has 0 aromatic heterocycles. The number of benzene rings is 3. The Hall–Kier alpha value is -3.85. The molecule has 0 bridgehead atoms. The highest BCUT2D eigenvalue weighted by atomic mass is 32.2. The average molecular weight is 494 g/mol. The number of para-hydroxylation sites is 1. The first-order chi connectivity index (χ1) is 16.7. The molecular weight excluding hydrogens is 466 g/mol. The number of nitrogens with zero attached hydrogens (tertiary/aromatic N) is 2. The molecule has 0 aliphatic carbocycles. The molecule has 1 fully saturated rings. The van der Waals surface area contributed by atoms with Gasteiger partial charge in [-0.3, -0.25) is 14.3 Å². The molecule has 4 rings (SSSR count). The number of amides is 2. The van der Waals surface area contributed by atoms with E-state index in [1.54, 1.807) is 40.1 Å². The third kappa shape index (κ3) is 5.30. The van der Waals surface area contributed by atoms with Crippen LogP contribution in [-0.4, -0.2) is 61.3 Å². The molecule has 35 heavy (non-hydrogen) atoms. The maximum atomic E-state index is 12.9. The lowest BCUT2D eigenvalue weighted by Crippen LogP contribution is -2.50. The minimum atomic E-state index is -3.80. The fourth-order valence-corrected chi connectivity index (χ4v) is 4.97. The maximum Gasteiger partial charge on any atom is 0.261 e. The minimum absolute atomic E-state index is 0.0605. The molecule has 0 saturated carbocycles. The van der Waals surface area contributed by atoms with Gasteiger partial charge in [0.15, 0.2) is 0 Å². The predicted octanol–water partition coefficient (Wildman–Crippen LogP) is 3.41. The van der Waals surface area contributed by atoms with Gasteiger partial charge in [0.25, 0.3) is 21.8 Å². The Morgan fingerprint density at radius 3 is 2.00 bits per heavy atom. The average Bonchev–Trinajstić information content (AvgIpc) is 2.86. The monoisotopic (exact) mass is 493 g/mol. The highest BCUT2D eigenvalue weighted by Gasteiger charge is 2.27. The van der Waals surface area contributed by atoms with Crippen LogP contribution in [0.25, 0.3) is 0 Å². The second-order valence-electron chi connectivity index (χ2n) is 8.53. The summed E-state index contributed by atoms with van der Waals surface area (Å²) in [6, 6.07) is 17.5. The van der Waals surface area contributed by atoms with E-state index in [1.165, 1.54) is 30.3 Å². The molecule has 1 heterocycles. The number of aryl methyl sites for hydroxylation is 2. The zero-order valence-electron chi connectivity index (χ0n) is 19.6. The summed E-state index contributed by atoms with van der Waals surface area (Å²) < 4.78 is 28.1. The van der Waals surface area contributed by atoms with Crippen molar-refractivity contribution >= 4 is 27.5 Å². The summed E-state index contributed by atoms with van der Waals surface area (Å²) in [6.07, 6.45) is 0. The van der Waals surface area contributed by atoms with Crippen molar-refractivity contribution < 1.29 is 23.1 Å². The minimum Gasteiger partial charge on any atom is -0.507 e. The van der Waals surface area contributed by atoms with E-state index in [0.717, 1.165) is 11.1 Å². The summed E-state index contributed by atoms with van der Waals surface area (Å²) in [5.41, 5.74) is 3.13. The van der Waals surface area contributed by atoms with Crippen LogP contribution in [0, 0.1) is 13.8 Å². The molecule has 1 aliphatic heterocycles. The largest absolute Gasteiger partial charge is 0.507 e. The van der Waals surface area contributed by atoms with E-state index in [9.17, 15) is 23.1 Å². The molecule has 0 radical (unpaired) electrons. The number of carbonyl (C=O) groups is 2. The SMILES string of the molecule is Cc1ccc(NS(=O)(=O)c2ccc(C(=O)N3CCN(C(=O)c4ccccc4O)CC3)cc2)cc1C. The van der Waals surface area contributed by atoms with Crippen LogP contribution in [0.5, 0.6) is 5.75 Å². The Labute approximate surface area is 204 Å². The van der Waals surface area contributed by atoms with E-state index in [2.05, 4.69) is 4.72 Å². The zero-order chi connectivity index (χ0) is 25.2. The molecule has 182 valence electrons. The van der Waals surface area contributed by atoms with Gasteiger partial charge in [0.2, 0.25) is 0 Å². The molecule has 3 aromatic rings. The van der Waals surface area contributed by atoms with E-state index in [1.807, 2.05) is 19.9 Å². The van der Waals surface area contributed by atoms with Gasteiger partial charge < -0.3 is 14.9 Å². The zero-order valence-corrected chi connectivity index (χ0v) is 20.4. The number of aromatic hydroxyl groups is 1. The van der Waals surface area contributed by atoms with Crippen LogP contribution in [0.3, 0.4) is 0 Å². The molecule has 1 aliphatic rings. The van der Waals surface area contributed by atoms with Gasteiger partial charge in [-0.1, -0.05) is 18.2 Å². The first kappa shape index (κ1) is 24.3. The number of piperazine rings is 1. The Morgan fingerprint density at radius 1 is 0.800 bits per heavy atom. The molecule has 0 atom stereocenters. The number of hydrogen-bond acceptors (Lipinski definition) is 5. The van der Waals surface area contributed by atoms with Crippen LogP contribution >= 0.6 is 0 Å². The molecular formula is C26H27N3O5S. The Bertz CT molecular complexity index is 1360. The number of anilines is 1. The molecule has 9 heteroatoms. The van der Waals surface area contributed by atoms with Gasteiger partial charge in [-0.2, -0.15) is 0 Å². The van der Waals surface area contributed by atoms with Gasteiger partial charge in [0.05, 0.1) is 10.5 Å². The number of rotatable bonds is 5. The highest BCUT2D eigenvalue weighted by Crippen LogP contribution is 2.21. The fraction of sp³-hybridized carbons (Fsp3) is 0.231. The standard InChI is InChI=1S/C26H27N3O5S/c1-18-7-10-21(17-19(18)2)27-35(33,34)22-11-8-20(9-12-22)25(31)28-13-15-29(16-14-28)26(32)23-5-3-4-6-24(23)30/h3-12,17,27,30H,13-16H2,1-2H3. The molecule has 2 N–H and O–H groups in total. The van der Waals surface area contributed by atoms with Gasteiger partial charge in [0.1, 0.15) is 5.75 Å². The quantitative estimate of drug-likeness (QED) is 0.567. The van der Waals surface area contributed by atoms with Gasteiger partial charge >= 0.3 is 0 Å². The third-order valence-corrected chi connectivity index (χ3v) is 7.56. The predicted molar refractivity (Wildman–Crippen MR) is 133 cm³/mol. The smallest absolute Gasteiger partial charge is 0.261 e. The number of phenolic OH excluding ortho intramolecular Hbond substituents is 1. The lowest BCUT2D eigenvalue weighted by Gasteiger charge is -2.35. The number of sulfonamides is 1. The van der Waals surface area contributed by atoms with E-state index in [4.69, 9.17) is 0 Å². The molecule has 0 spiro atoms. The molecule has 8 nitrogen and oxygen atoms in total. The summed E-state index contributed by atoms with van der Waals surface area (Å²) in [5, 5.41) is 9.93. The summed E-state index contributed by atoms with van der Waals surface area (Å²) in [6.45, 7) is 5.22. The van der Waals surface area contributed by atoms with Gasteiger partial charge in [0, 0.05) is 37.4 Å². The highest BCUT2D eigenvalue weighted by molar-refractivity contribution is 7.92. The normalized spacial score (nSPS) is 14.0. The fourth-order valence-electron chi connectivity index (χ4n) is 3.92. The Kier molecular flexibility index (Phi) is 6.79. The number of carbonyl (C=O) groups excluding carboxylic acids is 2. The van der Waals surface area contributed by atoms with Crippen LogP contribution in [0.4, 0.5) is 5.69 Å². The molecule has 3 aromatic carbocycles. The third-order valence-electron chi connectivity index (χ3n) is 6.16. The maximum absolute atomic E-state index is 12.9.